The zero-order valence-electron chi connectivity index (χ0n) is 13.5. The minimum Gasteiger partial charge on any atom is -0.303 e. The summed E-state index contributed by atoms with van der Waals surface area (Å²) in [5, 5.41) is 12.5. The molecule has 1 saturated carbocycles. The number of carbonyl (C=O) groups excluding carboxylic acids is 3. The number of ketones is 2. The summed E-state index contributed by atoms with van der Waals surface area (Å²) in [5.41, 5.74) is -0.0550. The van der Waals surface area contributed by atoms with Gasteiger partial charge in [0.05, 0.1) is 28.9 Å². The van der Waals surface area contributed by atoms with E-state index in [0.29, 0.717) is 12.8 Å². The maximum atomic E-state index is 12.6. The Bertz CT molecular complexity index is 771. The first kappa shape index (κ1) is 19.2. The second-order valence-corrected chi connectivity index (χ2v) is 6.28. The van der Waals surface area contributed by atoms with Crippen LogP contribution in [0.5, 0.6) is 0 Å². The number of benzene rings is 1. The van der Waals surface area contributed by atoms with E-state index in [4.69, 9.17) is 28.0 Å². The van der Waals surface area contributed by atoms with Gasteiger partial charge in [-0.1, -0.05) is 23.2 Å². The molecular weight excluding hydrogens is 369 g/mol. The zero-order chi connectivity index (χ0) is 18.7. The van der Waals surface area contributed by atoms with Crippen molar-refractivity contribution in [1.82, 2.24) is 5.06 Å². The molecule has 1 unspecified atom stereocenters. The lowest BCUT2D eigenvalue weighted by Gasteiger charge is -2.17. The molecule has 0 aliphatic heterocycles. The summed E-state index contributed by atoms with van der Waals surface area (Å²) >= 11 is 12.2. The Labute approximate surface area is 154 Å². The van der Waals surface area contributed by atoms with Gasteiger partial charge in [0.15, 0.2) is 17.5 Å². The predicted octanol–water partition coefficient (Wildman–Crippen LogP) is 3.32. The third kappa shape index (κ3) is 4.10. The fourth-order valence-electron chi connectivity index (χ4n) is 2.14. The average Bonchev–Trinajstić information content (AvgIpc) is 3.43. The number of carbonyl (C=O) groups is 3. The van der Waals surface area contributed by atoms with E-state index in [1.807, 2.05) is 0 Å². The Kier molecular flexibility index (Phi) is 6.01. The van der Waals surface area contributed by atoms with Crippen molar-refractivity contribution in [2.24, 2.45) is 11.8 Å². The number of nitrogens with zero attached hydrogens (tertiary/aromatic N) is 2. The van der Waals surface area contributed by atoms with Crippen molar-refractivity contribution in [3.8, 4) is 6.07 Å². The quantitative estimate of drug-likeness (QED) is 0.461. The van der Waals surface area contributed by atoms with E-state index in [1.54, 1.807) is 6.07 Å². The van der Waals surface area contributed by atoms with E-state index < -0.39 is 23.5 Å². The van der Waals surface area contributed by atoms with Crippen LogP contribution >= 0.6 is 23.2 Å². The molecule has 1 aromatic rings. The Morgan fingerprint density at radius 2 is 2.00 bits per heavy atom. The van der Waals surface area contributed by atoms with Gasteiger partial charge in [-0.05, 0) is 25.0 Å². The van der Waals surface area contributed by atoms with Crippen LogP contribution in [0.1, 0.15) is 23.2 Å². The normalized spacial score (nSPS) is 14.4. The monoisotopic (exact) mass is 383 g/mol. The summed E-state index contributed by atoms with van der Waals surface area (Å²) < 4.78 is 0. The van der Waals surface area contributed by atoms with E-state index in [1.165, 1.54) is 26.3 Å². The molecule has 0 saturated heterocycles. The number of Topliss-reactive ketones (excluding diaryl/α,β-unsaturated/α-hetero) is 2. The van der Waals surface area contributed by atoms with Crippen LogP contribution in [0.25, 0.3) is 0 Å². The lowest BCUT2D eigenvalue weighted by Crippen LogP contribution is -2.30. The van der Waals surface area contributed by atoms with Gasteiger partial charge < -0.3 is 5.32 Å². The van der Waals surface area contributed by atoms with E-state index in [2.05, 4.69) is 5.32 Å². The molecule has 1 atom stereocenters. The summed E-state index contributed by atoms with van der Waals surface area (Å²) in [4.78, 5) is 41.4. The third-order valence-corrected chi connectivity index (χ3v) is 4.51. The van der Waals surface area contributed by atoms with E-state index in [-0.39, 0.29) is 27.2 Å². The highest BCUT2D eigenvalue weighted by Crippen LogP contribution is 2.37. The third-order valence-electron chi connectivity index (χ3n) is 3.80. The highest BCUT2D eigenvalue weighted by Gasteiger charge is 2.39. The molecule has 7 nitrogen and oxygen atoms in total. The van der Waals surface area contributed by atoms with Crippen LogP contribution in [0, 0.1) is 23.2 Å². The number of amides is 2. The van der Waals surface area contributed by atoms with Crippen molar-refractivity contribution in [3.05, 3.63) is 27.7 Å². The van der Waals surface area contributed by atoms with Gasteiger partial charge in [0.2, 0.25) is 0 Å². The van der Waals surface area contributed by atoms with Crippen LogP contribution in [0.2, 0.25) is 10.0 Å². The van der Waals surface area contributed by atoms with Gasteiger partial charge >= 0.3 is 6.03 Å². The standard InChI is InChI=1S/C16H15Cl2N3O4/c1-21(25-2)16(24)20-13-11(17)6-5-9(12(13)18)15(23)10(7-19)14(22)8-3-4-8/h5-6,8,10H,3-4H2,1-2H3,(H,20,24). The van der Waals surface area contributed by atoms with E-state index in [9.17, 15) is 19.6 Å². The number of hydrogen-bond donors (Lipinski definition) is 1. The van der Waals surface area contributed by atoms with E-state index >= 15 is 0 Å². The fraction of sp³-hybridized carbons (Fsp3) is 0.375. The molecule has 132 valence electrons. The molecule has 9 heteroatoms. The van der Waals surface area contributed by atoms with Crippen molar-refractivity contribution >= 4 is 46.5 Å². The average molecular weight is 384 g/mol. The number of nitriles is 1. The second-order valence-electron chi connectivity index (χ2n) is 5.50. The Hall–Kier alpha value is -2.14. The lowest BCUT2D eigenvalue weighted by molar-refractivity contribution is -0.121. The fourth-order valence-corrected chi connectivity index (χ4v) is 2.69. The number of nitrogens with one attached hydrogen (secondary N) is 1. The lowest BCUT2D eigenvalue weighted by atomic mass is 9.92. The Balaban J connectivity index is 2.34. The van der Waals surface area contributed by atoms with Crippen LogP contribution in [0.15, 0.2) is 12.1 Å². The molecule has 0 radical (unpaired) electrons. The summed E-state index contributed by atoms with van der Waals surface area (Å²) in [7, 11) is 2.66. The summed E-state index contributed by atoms with van der Waals surface area (Å²) in [6.07, 6.45) is 1.37. The summed E-state index contributed by atoms with van der Waals surface area (Å²) in [6, 6.07) is 3.77. The van der Waals surface area contributed by atoms with E-state index in [0.717, 1.165) is 5.06 Å². The van der Waals surface area contributed by atoms with Crippen molar-refractivity contribution in [1.29, 1.82) is 5.26 Å². The van der Waals surface area contributed by atoms with Crippen LogP contribution in [-0.2, 0) is 9.63 Å². The topological polar surface area (TPSA) is 99.5 Å². The van der Waals surface area contributed by atoms with Gasteiger partial charge in [0.1, 0.15) is 0 Å². The molecule has 0 aromatic heterocycles. The van der Waals surface area contributed by atoms with Crippen LogP contribution in [-0.4, -0.2) is 36.8 Å². The summed E-state index contributed by atoms with van der Waals surface area (Å²) in [6.45, 7) is 0. The first-order valence-electron chi connectivity index (χ1n) is 7.36. The van der Waals surface area contributed by atoms with Crippen molar-refractivity contribution in [3.63, 3.8) is 0 Å². The molecular formula is C16H15Cl2N3O4. The number of rotatable bonds is 6. The van der Waals surface area contributed by atoms with Crippen molar-refractivity contribution in [2.75, 3.05) is 19.5 Å². The largest absolute Gasteiger partial charge is 0.345 e. The molecule has 1 aromatic carbocycles. The van der Waals surface area contributed by atoms with Gasteiger partial charge in [-0.25, -0.2) is 9.86 Å². The van der Waals surface area contributed by atoms with Gasteiger partial charge in [0, 0.05) is 18.5 Å². The zero-order valence-corrected chi connectivity index (χ0v) is 15.0. The van der Waals surface area contributed by atoms with Gasteiger partial charge in [0.25, 0.3) is 0 Å². The van der Waals surface area contributed by atoms with Crippen LogP contribution in [0.3, 0.4) is 0 Å². The highest BCUT2D eigenvalue weighted by molar-refractivity contribution is 6.42. The number of hydroxylamine groups is 2. The first-order chi connectivity index (χ1) is 11.8. The predicted molar refractivity (Wildman–Crippen MR) is 91.4 cm³/mol. The molecule has 25 heavy (non-hydrogen) atoms. The molecule has 1 N–H and O–H groups in total. The molecule has 1 fully saturated rings. The molecule has 0 bridgehead atoms. The van der Waals surface area contributed by atoms with Crippen LogP contribution in [0.4, 0.5) is 10.5 Å². The SMILES string of the molecule is CON(C)C(=O)Nc1c(Cl)ccc(C(=O)C(C#N)C(=O)C2CC2)c1Cl. The molecule has 1 aliphatic carbocycles. The Morgan fingerprint density at radius 1 is 1.36 bits per heavy atom. The summed E-state index contributed by atoms with van der Waals surface area (Å²) in [5.74, 6) is -2.77. The molecule has 0 heterocycles. The molecule has 1 aliphatic rings. The van der Waals surface area contributed by atoms with Crippen LogP contribution < -0.4 is 5.32 Å². The smallest absolute Gasteiger partial charge is 0.303 e. The number of urea groups is 1. The van der Waals surface area contributed by atoms with Gasteiger partial charge in [-0.15, -0.1) is 0 Å². The van der Waals surface area contributed by atoms with Crippen molar-refractivity contribution in [2.45, 2.75) is 12.8 Å². The molecule has 2 amide bonds. The minimum absolute atomic E-state index is 0.00126. The molecule has 0 spiro atoms. The van der Waals surface area contributed by atoms with Gasteiger partial charge in [-0.3, -0.25) is 14.4 Å². The minimum atomic E-state index is -1.42. The second kappa shape index (κ2) is 7.83. The highest BCUT2D eigenvalue weighted by atomic mass is 35.5. The maximum Gasteiger partial charge on any atom is 0.345 e. The number of halogens is 2. The van der Waals surface area contributed by atoms with Crippen molar-refractivity contribution < 1.29 is 19.2 Å². The van der Waals surface area contributed by atoms with Gasteiger partial charge in [-0.2, -0.15) is 5.26 Å². The number of anilines is 1. The Morgan fingerprint density at radius 3 is 2.52 bits per heavy atom. The molecule has 2 rings (SSSR count). The maximum absolute atomic E-state index is 12.6. The first-order valence-corrected chi connectivity index (χ1v) is 8.11. The number of hydrogen-bond acceptors (Lipinski definition) is 5.